The minimum Gasteiger partial charge on any atom is -0.493 e. The van der Waals surface area contributed by atoms with Gasteiger partial charge in [0.1, 0.15) is 0 Å². The van der Waals surface area contributed by atoms with Crippen LogP contribution >= 0.6 is 0 Å². The van der Waals surface area contributed by atoms with Crippen molar-refractivity contribution >= 4 is 5.78 Å². The molecule has 2 atom stereocenters. The van der Waals surface area contributed by atoms with Gasteiger partial charge in [-0.1, -0.05) is 45.1 Å². The molecule has 0 aliphatic carbocycles. The molecule has 0 radical (unpaired) electrons. The van der Waals surface area contributed by atoms with Crippen molar-refractivity contribution < 1.29 is 14.3 Å². The molecule has 1 saturated heterocycles. The average molecular weight is 386 g/mol. The lowest BCUT2D eigenvalue weighted by Crippen LogP contribution is -2.49. The zero-order valence-corrected chi connectivity index (χ0v) is 17.9. The molecule has 0 saturated carbocycles. The Bertz CT molecular complexity index is 725. The van der Waals surface area contributed by atoms with Crippen molar-refractivity contribution in [3.05, 3.63) is 34.9 Å². The van der Waals surface area contributed by atoms with Gasteiger partial charge in [-0.3, -0.25) is 9.69 Å². The van der Waals surface area contributed by atoms with Gasteiger partial charge in [0, 0.05) is 24.6 Å². The van der Waals surface area contributed by atoms with E-state index in [0.717, 1.165) is 36.5 Å². The molecule has 1 fully saturated rings. The molecule has 28 heavy (non-hydrogen) atoms. The number of benzene rings is 1. The summed E-state index contributed by atoms with van der Waals surface area (Å²) >= 11 is 0. The van der Waals surface area contributed by atoms with Crippen LogP contribution in [0.1, 0.15) is 76.0 Å². The van der Waals surface area contributed by atoms with Gasteiger partial charge < -0.3 is 9.47 Å². The van der Waals surface area contributed by atoms with Gasteiger partial charge >= 0.3 is 0 Å². The Morgan fingerprint density at radius 3 is 2.50 bits per heavy atom. The topological polar surface area (TPSA) is 38.8 Å². The fourth-order valence-corrected chi connectivity index (χ4v) is 4.88. The van der Waals surface area contributed by atoms with Gasteiger partial charge in [-0.25, -0.2) is 0 Å². The van der Waals surface area contributed by atoms with Crippen molar-refractivity contribution in [3.63, 3.8) is 0 Å². The molecule has 2 unspecified atom stereocenters. The number of rotatable bonds is 8. The quantitative estimate of drug-likeness (QED) is 0.452. The van der Waals surface area contributed by atoms with Gasteiger partial charge in [0.2, 0.25) is 0 Å². The standard InChI is InChI=1S/C24H35NO3/c1-5-7-8-9-10-11-18-15-21(26)19(6-2)24-20-16-23(28-4)22(27-3)14-17(20)12-13-25(18)24/h6,14,16,18,24H,5,7-13,15H2,1-4H3/b19-6+. The SMILES string of the molecule is C/C=C1\C(=O)CC(CCCCCCC)N2CCc3cc(OC)c(OC)cc3C12. The molecule has 0 spiro atoms. The number of hydrogen-bond donors (Lipinski definition) is 0. The number of unbranched alkanes of at least 4 members (excludes halogenated alkanes) is 4. The van der Waals surface area contributed by atoms with Gasteiger partial charge in [0.15, 0.2) is 17.3 Å². The number of carbonyl (C=O) groups is 1. The zero-order valence-electron chi connectivity index (χ0n) is 17.9. The van der Waals surface area contributed by atoms with Crippen molar-refractivity contribution in [1.82, 2.24) is 4.90 Å². The van der Waals surface area contributed by atoms with Gasteiger partial charge in [-0.05, 0) is 43.0 Å². The van der Waals surface area contributed by atoms with E-state index in [4.69, 9.17) is 9.47 Å². The summed E-state index contributed by atoms with van der Waals surface area (Å²) in [7, 11) is 3.35. The van der Waals surface area contributed by atoms with Crippen molar-refractivity contribution in [2.24, 2.45) is 0 Å². The lowest BCUT2D eigenvalue weighted by atomic mass is 9.79. The molecule has 1 aromatic rings. The minimum absolute atomic E-state index is 0.0513. The summed E-state index contributed by atoms with van der Waals surface area (Å²) in [6.45, 7) is 5.24. The minimum atomic E-state index is 0.0513. The molecule has 0 bridgehead atoms. The van der Waals surface area contributed by atoms with E-state index in [2.05, 4.69) is 24.0 Å². The first-order valence-electron chi connectivity index (χ1n) is 10.8. The van der Waals surface area contributed by atoms with Crippen LogP contribution in [0, 0.1) is 0 Å². The van der Waals surface area contributed by atoms with Crippen LogP contribution in [0.5, 0.6) is 11.5 Å². The van der Waals surface area contributed by atoms with Crippen LogP contribution in [0.3, 0.4) is 0 Å². The molecule has 2 aliphatic heterocycles. The molecule has 2 aliphatic rings. The maximum absolute atomic E-state index is 13.0. The molecule has 3 rings (SSSR count). The number of ketones is 1. The smallest absolute Gasteiger partial charge is 0.162 e. The molecular formula is C24H35NO3. The van der Waals surface area contributed by atoms with E-state index < -0.39 is 0 Å². The Balaban J connectivity index is 1.88. The molecule has 1 aromatic carbocycles. The van der Waals surface area contributed by atoms with Crippen molar-refractivity contribution in [2.75, 3.05) is 20.8 Å². The summed E-state index contributed by atoms with van der Waals surface area (Å²) in [4.78, 5) is 15.5. The van der Waals surface area contributed by atoms with Crippen LogP contribution in [0.25, 0.3) is 0 Å². The predicted octanol–water partition coefficient (Wildman–Crippen LogP) is 5.25. The van der Waals surface area contributed by atoms with E-state index in [1.54, 1.807) is 14.2 Å². The number of hydrogen-bond acceptors (Lipinski definition) is 4. The van der Waals surface area contributed by atoms with Crippen molar-refractivity contribution in [3.8, 4) is 11.5 Å². The number of carbonyl (C=O) groups excluding carboxylic acids is 1. The number of allylic oxidation sites excluding steroid dienone is 1. The molecular weight excluding hydrogens is 350 g/mol. The van der Waals surface area contributed by atoms with E-state index in [9.17, 15) is 4.79 Å². The molecule has 4 heteroatoms. The van der Waals surface area contributed by atoms with Gasteiger partial charge in [0.25, 0.3) is 0 Å². The van der Waals surface area contributed by atoms with Crippen LogP contribution in [-0.2, 0) is 11.2 Å². The summed E-state index contributed by atoms with van der Waals surface area (Å²) in [6, 6.07) is 4.59. The number of Topliss-reactive ketones (excluding diaryl/α,β-unsaturated/α-hetero) is 1. The molecule has 154 valence electrons. The van der Waals surface area contributed by atoms with Crippen LogP contribution in [0.15, 0.2) is 23.8 Å². The first kappa shape index (κ1) is 20.9. The summed E-state index contributed by atoms with van der Waals surface area (Å²) < 4.78 is 11.1. The number of methoxy groups -OCH3 is 2. The summed E-state index contributed by atoms with van der Waals surface area (Å²) in [5, 5.41) is 0. The third kappa shape index (κ3) is 4.12. The first-order valence-corrected chi connectivity index (χ1v) is 10.8. The third-order valence-electron chi connectivity index (χ3n) is 6.37. The zero-order chi connectivity index (χ0) is 20.1. The lowest BCUT2D eigenvalue weighted by Gasteiger charge is -2.46. The van der Waals surface area contributed by atoms with Crippen LogP contribution in [0.2, 0.25) is 0 Å². The number of fused-ring (bicyclic) bond motifs is 3. The highest BCUT2D eigenvalue weighted by Crippen LogP contribution is 2.45. The van der Waals surface area contributed by atoms with Gasteiger partial charge in [0.05, 0.1) is 20.3 Å². The van der Waals surface area contributed by atoms with Crippen molar-refractivity contribution in [2.45, 2.75) is 77.3 Å². The molecule has 4 nitrogen and oxygen atoms in total. The third-order valence-corrected chi connectivity index (χ3v) is 6.37. The Kier molecular flexibility index (Phi) is 7.17. The van der Waals surface area contributed by atoms with Crippen LogP contribution < -0.4 is 9.47 Å². The number of ether oxygens (including phenoxy) is 2. The van der Waals surface area contributed by atoms with E-state index >= 15 is 0 Å². The van der Waals surface area contributed by atoms with E-state index in [1.165, 1.54) is 43.2 Å². The molecule has 0 amide bonds. The second-order valence-electron chi connectivity index (χ2n) is 8.02. The van der Waals surface area contributed by atoms with E-state index in [-0.39, 0.29) is 6.04 Å². The summed E-state index contributed by atoms with van der Waals surface area (Å²) in [5.41, 5.74) is 3.42. The molecule has 0 aromatic heterocycles. The Morgan fingerprint density at radius 2 is 1.82 bits per heavy atom. The predicted molar refractivity (Wildman–Crippen MR) is 113 cm³/mol. The summed E-state index contributed by atoms with van der Waals surface area (Å²) in [6.07, 6.45) is 11.2. The molecule has 2 heterocycles. The van der Waals surface area contributed by atoms with Crippen molar-refractivity contribution in [1.29, 1.82) is 0 Å². The highest BCUT2D eigenvalue weighted by atomic mass is 16.5. The maximum atomic E-state index is 13.0. The highest BCUT2D eigenvalue weighted by Gasteiger charge is 2.41. The van der Waals surface area contributed by atoms with Crippen LogP contribution in [0.4, 0.5) is 0 Å². The Labute approximate surface area is 169 Å². The monoisotopic (exact) mass is 385 g/mol. The van der Waals surface area contributed by atoms with Gasteiger partial charge in [-0.2, -0.15) is 0 Å². The summed E-state index contributed by atoms with van der Waals surface area (Å²) in [5.74, 6) is 1.82. The largest absolute Gasteiger partial charge is 0.493 e. The lowest BCUT2D eigenvalue weighted by molar-refractivity contribution is -0.120. The first-order chi connectivity index (χ1) is 13.6. The van der Waals surface area contributed by atoms with Gasteiger partial charge in [-0.15, -0.1) is 0 Å². The fraction of sp³-hybridized carbons (Fsp3) is 0.625. The fourth-order valence-electron chi connectivity index (χ4n) is 4.88. The van der Waals surface area contributed by atoms with Crippen LogP contribution in [-0.4, -0.2) is 37.5 Å². The van der Waals surface area contributed by atoms with E-state index in [1.807, 2.05) is 13.0 Å². The maximum Gasteiger partial charge on any atom is 0.162 e. The second-order valence-corrected chi connectivity index (χ2v) is 8.02. The normalized spacial score (nSPS) is 23.4. The average Bonchev–Trinajstić information content (AvgIpc) is 2.72. The Morgan fingerprint density at radius 1 is 1.11 bits per heavy atom. The second kappa shape index (κ2) is 9.60. The highest BCUT2D eigenvalue weighted by molar-refractivity contribution is 5.98. The number of piperidine rings is 1. The van der Waals surface area contributed by atoms with E-state index in [0.29, 0.717) is 18.2 Å². The number of nitrogens with zero attached hydrogens (tertiary/aromatic N) is 1. The Hall–Kier alpha value is -1.81. The molecule has 0 N–H and O–H groups in total.